The van der Waals surface area contributed by atoms with Gasteiger partial charge in [-0.05, 0) is 42.7 Å². The van der Waals surface area contributed by atoms with Gasteiger partial charge in [0.1, 0.15) is 0 Å². The Kier molecular flexibility index (Phi) is 4.90. The van der Waals surface area contributed by atoms with Crippen molar-refractivity contribution < 1.29 is 0 Å². The summed E-state index contributed by atoms with van der Waals surface area (Å²) >= 11 is 6.25. The lowest BCUT2D eigenvalue weighted by molar-refractivity contribution is 0.361. The lowest BCUT2D eigenvalue weighted by Crippen LogP contribution is -2.27. The molecule has 0 saturated carbocycles. The topological polar surface area (TPSA) is 3.24 Å². The maximum absolute atomic E-state index is 6.25. The van der Waals surface area contributed by atoms with Crippen molar-refractivity contribution in [3.8, 4) is 0 Å². The molecule has 1 saturated heterocycles. The van der Waals surface area contributed by atoms with Crippen LogP contribution in [0.4, 0.5) is 0 Å². The SMILES string of the molecule is S=P(CCN1CCCC1)(c1ccccc1)c1ccccc1. The molecular formula is C18H22NPS. The molecular weight excluding hydrogens is 293 g/mol. The van der Waals surface area contributed by atoms with Crippen molar-refractivity contribution in [2.75, 3.05) is 25.8 Å². The lowest BCUT2D eigenvalue weighted by atomic mass is 10.4. The number of benzene rings is 2. The highest BCUT2D eigenvalue weighted by Gasteiger charge is 2.23. The molecule has 21 heavy (non-hydrogen) atoms. The third-order valence-corrected chi connectivity index (χ3v) is 9.18. The van der Waals surface area contributed by atoms with E-state index in [0.29, 0.717) is 0 Å². The van der Waals surface area contributed by atoms with Gasteiger partial charge in [-0.15, -0.1) is 0 Å². The van der Waals surface area contributed by atoms with Gasteiger partial charge in [-0.1, -0.05) is 72.5 Å². The molecule has 0 unspecified atom stereocenters. The Balaban J connectivity index is 1.89. The zero-order valence-corrected chi connectivity index (χ0v) is 14.0. The van der Waals surface area contributed by atoms with Crippen LogP contribution in [0.3, 0.4) is 0 Å². The molecule has 0 amide bonds. The molecule has 110 valence electrons. The van der Waals surface area contributed by atoms with Gasteiger partial charge in [0.2, 0.25) is 0 Å². The summed E-state index contributed by atoms with van der Waals surface area (Å²) in [5.41, 5.74) is 0. The van der Waals surface area contributed by atoms with E-state index >= 15 is 0 Å². The van der Waals surface area contributed by atoms with Crippen LogP contribution in [-0.4, -0.2) is 30.7 Å². The molecule has 0 N–H and O–H groups in total. The molecule has 0 bridgehead atoms. The molecule has 1 fully saturated rings. The van der Waals surface area contributed by atoms with Crippen molar-refractivity contribution in [2.45, 2.75) is 12.8 Å². The summed E-state index contributed by atoms with van der Waals surface area (Å²) in [6.07, 6.45) is 3.80. The number of hydrogen-bond donors (Lipinski definition) is 0. The smallest absolute Gasteiger partial charge is 0.0118 e. The highest BCUT2D eigenvalue weighted by Crippen LogP contribution is 2.43. The minimum absolute atomic E-state index is 1.11. The predicted molar refractivity (Wildman–Crippen MR) is 97.0 cm³/mol. The second kappa shape index (κ2) is 6.87. The number of nitrogens with zero attached hydrogens (tertiary/aromatic N) is 1. The Bertz CT molecular complexity index is 562. The Morgan fingerprint density at radius 3 is 1.76 bits per heavy atom. The molecule has 0 spiro atoms. The van der Waals surface area contributed by atoms with Gasteiger partial charge in [-0.2, -0.15) is 0 Å². The maximum atomic E-state index is 6.25. The van der Waals surface area contributed by atoms with E-state index in [1.165, 1.54) is 36.5 Å². The molecule has 2 aromatic carbocycles. The molecule has 1 nitrogen and oxygen atoms in total. The van der Waals surface area contributed by atoms with Crippen LogP contribution in [0.5, 0.6) is 0 Å². The minimum atomic E-state index is -1.68. The molecule has 3 rings (SSSR count). The van der Waals surface area contributed by atoms with Gasteiger partial charge < -0.3 is 4.90 Å². The summed E-state index contributed by atoms with van der Waals surface area (Å²) in [6.45, 7) is 3.64. The van der Waals surface area contributed by atoms with Crippen LogP contribution in [0.1, 0.15) is 12.8 Å². The highest BCUT2D eigenvalue weighted by molar-refractivity contribution is 8.21. The Hall–Kier alpha value is -0.950. The summed E-state index contributed by atoms with van der Waals surface area (Å²) < 4.78 is 0. The number of hydrogen-bond acceptors (Lipinski definition) is 2. The largest absolute Gasteiger partial charge is 0.303 e. The van der Waals surface area contributed by atoms with Gasteiger partial charge >= 0.3 is 0 Å². The number of likely N-dealkylation sites (tertiary alicyclic amines) is 1. The zero-order chi connectivity index (χ0) is 14.5. The standard InChI is InChI=1S/C18H22NPS/c21-20(17-9-3-1-4-10-17,18-11-5-2-6-12-18)16-15-19-13-7-8-14-19/h1-6,9-12H,7-8,13-16H2. The third kappa shape index (κ3) is 3.45. The van der Waals surface area contributed by atoms with E-state index in [2.05, 4.69) is 65.6 Å². The van der Waals surface area contributed by atoms with Gasteiger partial charge in [-0.25, -0.2) is 0 Å². The van der Waals surface area contributed by atoms with Crippen molar-refractivity contribution in [1.29, 1.82) is 0 Å². The van der Waals surface area contributed by atoms with Crippen molar-refractivity contribution in [1.82, 2.24) is 4.90 Å². The lowest BCUT2D eigenvalue weighted by Gasteiger charge is -2.26. The van der Waals surface area contributed by atoms with Crippen LogP contribution < -0.4 is 10.6 Å². The zero-order valence-electron chi connectivity index (χ0n) is 12.3. The van der Waals surface area contributed by atoms with Gasteiger partial charge in [0.25, 0.3) is 0 Å². The fourth-order valence-corrected chi connectivity index (χ4v) is 6.70. The van der Waals surface area contributed by atoms with E-state index in [1.54, 1.807) is 0 Å². The third-order valence-electron chi connectivity index (χ3n) is 4.28. The molecule has 0 aromatic heterocycles. The normalized spacial score (nSPS) is 16.2. The summed E-state index contributed by atoms with van der Waals surface area (Å²) in [4.78, 5) is 2.58. The molecule has 1 aliphatic rings. The van der Waals surface area contributed by atoms with Gasteiger partial charge in [0, 0.05) is 12.6 Å². The maximum Gasteiger partial charge on any atom is 0.0118 e. The minimum Gasteiger partial charge on any atom is -0.303 e. The first-order valence-corrected chi connectivity index (χ1v) is 10.7. The van der Waals surface area contributed by atoms with E-state index in [-0.39, 0.29) is 0 Å². The second-order valence-corrected chi connectivity index (χ2v) is 10.5. The van der Waals surface area contributed by atoms with Gasteiger partial charge in [-0.3, -0.25) is 0 Å². The predicted octanol–water partition coefficient (Wildman–Crippen LogP) is 3.21. The summed E-state index contributed by atoms with van der Waals surface area (Å²) in [5, 5.41) is 2.70. The molecule has 0 atom stereocenters. The van der Waals surface area contributed by atoms with Crippen molar-refractivity contribution in [3.63, 3.8) is 0 Å². The molecule has 2 aromatic rings. The fraction of sp³-hybridized carbons (Fsp3) is 0.333. The Morgan fingerprint density at radius 2 is 1.29 bits per heavy atom. The quantitative estimate of drug-likeness (QED) is 0.780. The monoisotopic (exact) mass is 315 g/mol. The first-order valence-electron chi connectivity index (χ1n) is 7.72. The molecule has 1 heterocycles. The molecule has 3 heteroatoms. The first kappa shape index (κ1) is 15.0. The highest BCUT2D eigenvalue weighted by atomic mass is 32.4. The van der Waals surface area contributed by atoms with Crippen LogP contribution in [0.25, 0.3) is 0 Å². The van der Waals surface area contributed by atoms with E-state index in [4.69, 9.17) is 11.8 Å². The van der Waals surface area contributed by atoms with Crippen LogP contribution >= 0.6 is 6.04 Å². The van der Waals surface area contributed by atoms with Gasteiger partial charge in [0.05, 0.1) is 0 Å². The van der Waals surface area contributed by atoms with Crippen LogP contribution in [-0.2, 0) is 11.8 Å². The molecule has 1 aliphatic heterocycles. The average Bonchev–Trinajstić information content (AvgIpc) is 3.08. The second-order valence-electron chi connectivity index (χ2n) is 5.68. The van der Waals surface area contributed by atoms with E-state index in [1.807, 2.05) is 0 Å². The number of rotatable bonds is 5. The molecule has 0 radical (unpaired) electrons. The van der Waals surface area contributed by atoms with Crippen LogP contribution in [0.2, 0.25) is 0 Å². The van der Waals surface area contributed by atoms with E-state index in [9.17, 15) is 0 Å². The Labute approximate surface area is 133 Å². The Morgan fingerprint density at radius 1 is 0.810 bits per heavy atom. The van der Waals surface area contributed by atoms with Crippen LogP contribution in [0.15, 0.2) is 60.7 Å². The van der Waals surface area contributed by atoms with Crippen molar-refractivity contribution >= 4 is 28.5 Å². The van der Waals surface area contributed by atoms with Gasteiger partial charge in [0.15, 0.2) is 0 Å². The first-order chi connectivity index (χ1) is 10.3. The van der Waals surface area contributed by atoms with Crippen LogP contribution in [0, 0.1) is 0 Å². The van der Waals surface area contributed by atoms with E-state index in [0.717, 1.165) is 12.7 Å². The fourth-order valence-electron chi connectivity index (χ4n) is 3.03. The molecule has 0 aliphatic carbocycles. The average molecular weight is 315 g/mol. The summed E-state index contributed by atoms with van der Waals surface area (Å²) in [7, 11) is 0. The summed E-state index contributed by atoms with van der Waals surface area (Å²) in [5.74, 6) is 0. The van der Waals surface area contributed by atoms with Crippen molar-refractivity contribution in [2.24, 2.45) is 0 Å². The van der Waals surface area contributed by atoms with Crippen molar-refractivity contribution in [3.05, 3.63) is 60.7 Å². The summed E-state index contributed by atoms with van der Waals surface area (Å²) in [6, 6.07) is 19.8. The van der Waals surface area contributed by atoms with E-state index < -0.39 is 6.04 Å².